The summed E-state index contributed by atoms with van der Waals surface area (Å²) in [7, 11) is 1.67. The van der Waals surface area contributed by atoms with Crippen LogP contribution in [0.1, 0.15) is 19.3 Å². The number of rotatable bonds is 10. The molecule has 102 valence electrons. The van der Waals surface area contributed by atoms with Crippen LogP contribution in [0.3, 0.4) is 0 Å². The van der Waals surface area contributed by atoms with E-state index in [2.05, 4.69) is 0 Å². The molecule has 0 radical (unpaired) electrons. The first kappa shape index (κ1) is 14.9. The van der Waals surface area contributed by atoms with Gasteiger partial charge in [0.25, 0.3) is 0 Å². The van der Waals surface area contributed by atoms with Crippen molar-refractivity contribution < 1.29 is 23.7 Å². The highest BCUT2D eigenvalue weighted by molar-refractivity contribution is 4.51. The van der Waals surface area contributed by atoms with Gasteiger partial charge in [-0.15, -0.1) is 0 Å². The fourth-order valence-electron chi connectivity index (χ4n) is 1.49. The standard InChI is InChI=1S/C12H24O5/c1-13-10-11-15-6-2-5-14-9-4-12-16-7-3-8-17-12/h12H,2-11H2,1H3. The third kappa shape index (κ3) is 8.51. The lowest BCUT2D eigenvalue weighted by atomic mass is 10.4. The molecule has 0 atom stereocenters. The molecule has 0 bridgehead atoms. The quantitative estimate of drug-likeness (QED) is 0.544. The van der Waals surface area contributed by atoms with E-state index in [0.29, 0.717) is 19.8 Å². The van der Waals surface area contributed by atoms with Crippen molar-refractivity contribution >= 4 is 0 Å². The summed E-state index contributed by atoms with van der Waals surface area (Å²) in [5.74, 6) is 0. The SMILES string of the molecule is COCCOCCCOCCC1OCCCO1. The molecular weight excluding hydrogens is 224 g/mol. The van der Waals surface area contributed by atoms with Gasteiger partial charge < -0.3 is 23.7 Å². The molecule has 1 heterocycles. The second kappa shape index (κ2) is 10.9. The summed E-state index contributed by atoms with van der Waals surface area (Å²) >= 11 is 0. The van der Waals surface area contributed by atoms with Crippen molar-refractivity contribution in [3.05, 3.63) is 0 Å². The van der Waals surface area contributed by atoms with Crippen LogP contribution in [-0.4, -0.2) is 59.6 Å². The molecule has 0 aromatic rings. The Morgan fingerprint density at radius 1 is 0.941 bits per heavy atom. The van der Waals surface area contributed by atoms with Gasteiger partial charge in [0.1, 0.15) is 0 Å². The van der Waals surface area contributed by atoms with Gasteiger partial charge in [-0.25, -0.2) is 0 Å². The van der Waals surface area contributed by atoms with Crippen LogP contribution in [0.5, 0.6) is 0 Å². The van der Waals surface area contributed by atoms with Crippen LogP contribution in [0.25, 0.3) is 0 Å². The minimum atomic E-state index is -0.0679. The van der Waals surface area contributed by atoms with Crippen molar-refractivity contribution in [2.75, 3.05) is 53.4 Å². The highest BCUT2D eigenvalue weighted by atomic mass is 16.7. The predicted molar refractivity (Wildman–Crippen MR) is 63.1 cm³/mol. The maximum absolute atomic E-state index is 5.47. The van der Waals surface area contributed by atoms with Gasteiger partial charge in [0, 0.05) is 26.7 Å². The van der Waals surface area contributed by atoms with Gasteiger partial charge in [0.2, 0.25) is 0 Å². The summed E-state index contributed by atoms with van der Waals surface area (Å²) in [6.45, 7) is 5.04. The molecule has 1 rings (SSSR count). The Kier molecular flexibility index (Phi) is 9.55. The van der Waals surface area contributed by atoms with Crippen molar-refractivity contribution in [3.8, 4) is 0 Å². The van der Waals surface area contributed by atoms with Crippen LogP contribution in [0.15, 0.2) is 0 Å². The first-order chi connectivity index (χ1) is 8.43. The summed E-state index contributed by atoms with van der Waals surface area (Å²) in [5, 5.41) is 0. The molecule has 0 aromatic heterocycles. The third-order valence-electron chi connectivity index (χ3n) is 2.40. The molecule has 0 spiro atoms. The average molecular weight is 248 g/mol. The van der Waals surface area contributed by atoms with E-state index in [4.69, 9.17) is 23.7 Å². The van der Waals surface area contributed by atoms with Gasteiger partial charge in [-0.1, -0.05) is 0 Å². The van der Waals surface area contributed by atoms with E-state index in [-0.39, 0.29) is 6.29 Å². The Balaban J connectivity index is 1.75. The molecule has 1 aliphatic heterocycles. The molecule has 0 unspecified atom stereocenters. The fourth-order valence-corrected chi connectivity index (χ4v) is 1.49. The van der Waals surface area contributed by atoms with Crippen LogP contribution in [-0.2, 0) is 23.7 Å². The number of methoxy groups -OCH3 is 1. The second-order valence-electron chi connectivity index (χ2n) is 3.88. The van der Waals surface area contributed by atoms with Crippen molar-refractivity contribution in [2.45, 2.75) is 25.6 Å². The zero-order valence-corrected chi connectivity index (χ0v) is 10.7. The Labute approximate surface area is 103 Å². The Bertz CT molecular complexity index is 159. The molecule has 0 saturated carbocycles. The van der Waals surface area contributed by atoms with E-state index in [1.807, 2.05) is 0 Å². The van der Waals surface area contributed by atoms with Crippen molar-refractivity contribution in [2.24, 2.45) is 0 Å². The molecule has 1 aliphatic rings. The third-order valence-corrected chi connectivity index (χ3v) is 2.40. The Morgan fingerprint density at radius 3 is 2.35 bits per heavy atom. The highest BCUT2D eigenvalue weighted by Gasteiger charge is 2.13. The topological polar surface area (TPSA) is 46.2 Å². The van der Waals surface area contributed by atoms with Crippen LogP contribution in [0.2, 0.25) is 0 Å². The number of hydrogen-bond acceptors (Lipinski definition) is 5. The van der Waals surface area contributed by atoms with Crippen LogP contribution < -0.4 is 0 Å². The smallest absolute Gasteiger partial charge is 0.159 e. The number of ether oxygens (including phenoxy) is 5. The predicted octanol–water partition coefficient (Wildman–Crippen LogP) is 1.21. The zero-order valence-electron chi connectivity index (χ0n) is 10.7. The van der Waals surface area contributed by atoms with E-state index in [9.17, 15) is 0 Å². The van der Waals surface area contributed by atoms with Crippen molar-refractivity contribution in [1.82, 2.24) is 0 Å². The average Bonchev–Trinajstić information content (AvgIpc) is 2.38. The molecule has 5 nitrogen and oxygen atoms in total. The van der Waals surface area contributed by atoms with E-state index in [1.165, 1.54) is 0 Å². The van der Waals surface area contributed by atoms with Gasteiger partial charge in [0.15, 0.2) is 6.29 Å². The minimum Gasteiger partial charge on any atom is -0.382 e. The van der Waals surface area contributed by atoms with Crippen LogP contribution >= 0.6 is 0 Å². The van der Waals surface area contributed by atoms with Gasteiger partial charge in [-0.05, 0) is 12.8 Å². The Morgan fingerprint density at radius 2 is 1.65 bits per heavy atom. The lowest BCUT2D eigenvalue weighted by molar-refractivity contribution is -0.186. The molecular formula is C12H24O5. The summed E-state index contributed by atoms with van der Waals surface area (Å²) < 4.78 is 26.5. The lowest BCUT2D eigenvalue weighted by Gasteiger charge is -2.22. The second-order valence-corrected chi connectivity index (χ2v) is 3.88. The van der Waals surface area contributed by atoms with Crippen LogP contribution in [0.4, 0.5) is 0 Å². The molecule has 17 heavy (non-hydrogen) atoms. The maximum Gasteiger partial charge on any atom is 0.159 e. The van der Waals surface area contributed by atoms with Crippen molar-refractivity contribution in [1.29, 1.82) is 0 Å². The van der Waals surface area contributed by atoms with E-state index < -0.39 is 0 Å². The zero-order chi connectivity index (χ0) is 12.2. The molecule has 1 fully saturated rings. The van der Waals surface area contributed by atoms with Gasteiger partial charge in [-0.2, -0.15) is 0 Å². The first-order valence-electron chi connectivity index (χ1n) is 6.31. The molecule has 1 saturated heterocycles. The van der Waals surface area contributed by atoms with Crippen molar-refractivity contribution in [3.63, 3.8) is 0 Å². The summed E-state index contributed by atoms with van der Waals surface area (Å²) in [6, 6.07) is 0. The van der Waals surface area contributed by atoms with E-state index in [1.54, 1.807) is 7.11 Å². The molecule has 0 amide bonds. The minimum absolute atomic E-state index is 0.0679. The van der Waals surface area contributed by atoms with Gasteiger partial charge >= 0.3 is 0 Å². The maximum atomic E-state index is 5.47. The normalized spacial score (nSPS) is 17.5. The van der Waals surface area contributed by atoms with E-state index in [0.717, 1.165) is 45.7 Å². The summed E-state index contributed by atoms with van der Waals surface area (Å²) in [4.78, 5) is 0. The molecule has 5 heteroatoms. The largest absolute Gasteiger partial charge is 0.382 e. The van der Waals surface area contributed by atoms with Gasteiger partial charge in [0.05, 0.1) is 33.0 Å². The summed E-state index contributed by atoms with van der Waals surface area (Å²) in [6.07, 6.45) is 2.65. The molecule has 0 aromatic carbocycles. The fraction of sp³-hybridized carbons (Fsp3) is 1.00. The monoisotopic (exact) mass is 248 g/mol. The number of hydrogen-bond donors (Lipinski definition) is 0. The molecule has 0 aliphatic carbocycles. The highest BCUT2D eigenvalue weighted by Crippen LogP contribution is 2.08. The summed E-state index contributed by atoms with van der Waals surface area (Å²) in [5.41, 5.74) is 0. The Hall–Kier alpha value is -0.200. The van der Waals surface area contributed by atoms with Crippen LogP contribution in [0, 0.1) is 0 Å². The first-order valence-corrected chi connectivity index (χ1v) is 6.31. The van der Waals surface area contributed by atoms with E-state index >= 15 is 0 Å². The van der Waals surface area contributed by atoms with Gasteiger partial charge in [-0.3, -0.25) is 0 Å². The molecule has 0 N–H and O–H groups in total. The lowest BCUT2D eigenvalue weighted by Crippen LogP contribution is -2.26.